The summed E-state index contributed by atoms with van der Waals surface area (Å²) in [6, 6.07) is 18.1. The summed E-state index contributed by atoms with van der Waals surface area (Å²) < 4.78 is 5.44. The zero-order chi connectivity index (χ0) is 18.0. The fourth-order valence-corrected chi connectivity index (χ4v) is 2.53. The molecule has 0 aliphatic carbocycles. The van der Waals surface area contributed by atoms with Crippen molar-refractivity contribution in [3.8, 4) is 5.75 Å². The zero-order valence-corrected chi connectivity index (χ0v) is 14.9. The van der Waals surface area contributed by atoms with E-state index in [4.69, 9.17) is 4.74 Å². The molecule has 0 radical (unpaired) electrons. The van der Waals surface area contributed by atoms with Gasteiger partial charge in [0, 0.05) is 12.2 Å². The SMILES string of the molecule is CCOc1ccc(Nc2nncc(NCCCc3ccccc3)n2)cc1. The molecule has 1 aromatic heterocycles. The van der Waals surface area contributed by atoms with Crippen molar-refractivity contribution in [2.45, 2.75) is 19.8 Å². The predicted molar refractivity (Wildman–Crippen MR) is 104 cm³/mol. The van der Waals surface area contributed by atoms with Gasteiger partial charge in [-0.3, -0.25) is 0 Å². The molecule has 3 rings (SSSR count). The van der Waals surface area contributed by atoms with Gasteiger partial charge in [0.1, 0.15) is 5.75 Å². The number of hydrogen-bond donors (Lipinski definition) is 2. The highest BCUT2D eigenvalue weighted by molar-refractivity contribution is 5.55. The van der Waals surface area contributed by atoms with E-state index in [-0.39, 0.29) is 0 Å². The van der Waals surface area contributed by atoms with Crippen molar-refractivity contribution in [3.05, 3.63) is 66.4 Å². The lowest BCUT2D eigenvalue weighted by Crippen LogP contribution is -2.07. The summed E-state index contributed by atoms with van der Waals surface area (Å²) in [5.74, 6) is 2.01. The fourth-order valence-electron chi connectivity index (χ4n) is 2.53. The minimum absolute atomic E-state index is 0.460. The Bertz CT molecular complexity index is 793. The van der Waals surface area contributed by atoms with Crippen LogP contribution in [0.15, 0.2) is 60.8 Å². The molecule has 0 fully saturated rings. The van der Waals surface area contributed by atoms with Gasteiger partial charge < -0.3 is 15.4 Å². The van der Waals surface area contributed by atoms with E-state index in [1.807, 2.05) is 37.3 Å². The van der Waals surface area contributed by atoms with Crippen molar-refractivity contribution in [1.82, 2.24) is 15.2 Å². The van der Waals surface area contributed by atoms with Gasteiger partial charge in [0.15, 0.2) is 5.82 Å². The third-order valence-corrected chi connectivity index (χ3v) is 3.77. The molecule has 2 aromatic carbocycles. The molecule has 0 spiro atoms. The fraction of sp³-hybridized carbons (Fsp3) is 0.250. The average Bonchev–Trinajstić information content (AvgIpc) is 2.68. The molecule has 0 amide bonds. The van der Waals surface area contributed by atoms with E-state index in [2.05, 4.69) is 50.1 Å². The van der Waals surface area contributed by atoms with Crippen molar-refractivity contribution in [2.75, 3.05) is 23.8 Å². The van der Waals surface area contributed by atoms with E-state index in [1.54, 1.807) is 6.20 Å². The van der Waals surface area contributed by atoms with Gasteiger partial charge >= 0.3 is 0 Å². The number of anilines is 3. The van der Waals surface area contributed by atoms with Crippen LogP contribution in [0.2, 0.25) is 0 Å². The van der Waals surface area contributed by atoms with Crippen LogP contribution in [0, 0.1) is 0 Å². The third kappa shape index (κ3) is 5.44. The monoisotopic (exact) mass is 349 g/mol. The molecule has 0 saturated carbocycles. The second-order valence-corrected chi connectivity index (χ2v) is 5.76. The Hall–Kier alpha value is -3.15. The second kappa shape index (κ2) is 9.36. The summed E-state index contributed by atoms with van der Waals surface area (Å²) >= 11 is 0. The van der Waals surface area contributed by atoms with Gasteiger partial charge in [0.2, 0.25) is 5.95 Å². The molecule has 0 aliphatic rings. The normalized spacial score (nSPS) is 10.3. The highest BCUT2D eigenvalue weighted by Crippen LogP contribution is 2.18. The van der Waals surface area contributed by atoms with Crippen molar-refractivity contribution in [1.29, 1.82) is 0 Å². The zero-order valence-electron chi connectivity index (χ0n) is 14.9. The molecule has 26 heavy (non-hydrogen) atoms. The number of hydrogen-bond acceptors (Lipinski definition) is 6. The predicted octanol–water partition coefficient (Wildman–Crippen LogP) is 4.06. The number of rotatable bonds is 9. The number of aromatic nitrogens is 3. The van der Waals surface area contributed by atoms with E-state index >= 15 is 0 Å². The summed E-state index contributed by atoms with van der Waals surface area (Å²) in [5.41, 5.74) is 2.23. The van der Waals surface area contributed by atoms with Crippen LogP contribution in [0.5, 0.6) is 5.75 Å². The van der Waals surface area contributed by atoms with Crippen LogP contribution < -0.4 is 15.4 Å². The minimum atomic E-state index is 0.460. The van der Waals surface area contributed by atoms with Crippen molar-refractivity contribution < 1.29 is 4.74 Å². The highest BCUT2D eigenvalue weighted by Gasteiger charge is 2.02. The molecule has 3 aromatic rings. The first-order chi connectivity index (χ1) is 12.8. The van der Waals surface area contributed by atoms with Gasteiger partial charge in [-0.1, -0.05) is 30.3 Å². The van der Waals surface area contributed by atoms with Gasteiger partial charge in [0.05, 0.1) is 12.8 Å². The second-order valence-electron chi connectivity index (χ2n) is 5.76. The summed E-state index contributed by atoms with van der Waals surface area (Å²) in [5, 5.41) is 14.5. The first-order valence-corrected chi connectivity index (χ1v) is 8.81. The van der Waals surface area contributed by atoms with Crippen LogP contribution in [0.3, 0.4) is 0 Å². The Morgan fingerprint density at radius 1 is 1.00 bits per heavy atom. The van der Waals surface area contributed by atoms with Crippen LogP contribution in [0.4, 0.5) is 17.5 Å². The summed E-state index contributed by atoms with van der Waals surface area (Å²) in [6.07, 6.45) is 3.69. The number of benzene rings is 2. The Balaban J connectivity index is 1.49. The van der Waals surface area contributed by atoms with E-state index in [9.17, 15) is 0 Å². The van der Waals surface area contributed by atoms with Crippen LogP contribution in [0.1, 0.15) is 18.9 Å². The van der Waals surface area contributed by atoms with Crippen molar-refractivity contribution in [2.24, 2.45) is 0 Å². The molecular weight excluding hydrogens is 326 g/mol. The standard InChI is InChI=1S/C20H23N5O/c1-2-26-18-12-10-17(11-13-18)23-20-24-19(15-22-25-20)21-14-6-9-16-7-4-3-5-8-16/h3-5,7-8,10-13,15H,2,6,9,14H2,1H3,(H2,21,23,24,25). The van der Waals surface area contributed by atoms with Gasteiger partial charge in [-0.05, 0) is 49.6 Å². The molecular formula is C20H23N5O. The van der Waals surface area contributed by atoms with Gasteiger partial charge in [0.25, 0.3) is 0 Å². The molecule has 0 bridgehead atoms. The van der Waals surface area contributed by atoms with Crippen LogP contribution >= 0.6 is 0 Å². The van der Waals surface area contributed by atoms with E-state index in [0.717, 1.165) is 30.8 Å². The maximum absolute atomic E-state index is 5.44. The Morgan fingerprint density at radius 3 is 2.58 bits per heavy atom. The minimum Gasteiger partial charge on any atom is -0.494 e. The van der Waals surface area contributed by atoms with Gasteiger partial charge in [-0.25, -0.2) is 0 Å². The van der Waals surface area contributed by atoms with Gasteiger partial charge in [-0.15, -0.1) is 5.10 Å². The molecule has 0 atom stereocenters. The first-order valence-electron chi connectivity index (χ1n) is 8.81. The van der Waals surface area contributed by atoms with Crippen LogP contribution in [0.25, 0.3) is 0 Å². The average molecular weight is 349 g/mol. The molecule has 2 N–H and O–H groups in total. The lowest BCUT2D eigenvalue weighted by atomic mass is 10.1. The molecule has 6 heteroatoms. The van der Waals surface area contributed by atoms with Crippen LogP contribution in [-0.4, -0.2) is 28.3 Å². The molecule has 0 aliphatic heterocycles. The van der Waals surface area contributed by atoms with Crippen molar-refractivity contribution >= 4 is 17.5 Å². The summed E-state index contributed by atoms with van der Waals surface area (Å²) in [4.78, 5) is 4.44. The summed E-state index contributed by atoms with van der Waals surface area (Å²) in [6.45, 7) is 3.44. The maximum atomic E-state index is 5.44. The summed E-state index contributed by atoms with van der Waals surface area (Å²) in [7, 11) is 0. The lowest BCUT2D eigenvalue weighted by molar-refractivity contribution is 0.340. The van der Waals surface area contributed by atoms with Gasteiger partial charge in [-0.2, -0.15) is 10.1 Å². The number of ether oxygens (including phenoxy) is 1. The number of nitrogens with zero attached hydrogens (tertiary/aromatic N) is 3. The molecule has 0 unspecified atom stereocenters. The molecule has 0 saturated heterocycles. The topological polar surface area (TPSA) is 72.0 Å². The largest absolute Gasteiger partial charge is 0.494 e. The molecule has 134 valence electrons. The van der Waals surface area contributed by atoms with E-state index in [1.165, 1.54) is 5.56 Å². The quantitative estimate of drug-likeness (QED) is 0.568. The first kappa shape index (κ1) is 17.7. The Kier molecular flexibility index (Phi) is 6.36. The molecule has 6 nitrogen and oxygen atoms in total. The highest BCUT2D eigenvalue weighted by atomic mass is 16.5. The van der Waals surface area contributed by atoms with Crippen molar-refractivity contribution in [3.63, 3.8) is 0 Å². The third-order valence-electron chi connectivity index (χ3n) is 3.77. The number of nitrogens with one attached hydrogen (secondary N) is 2. The molecule has 1 heterocycles. The van der Waals surface area contributed by atoms with E-state index < -0.39 is 0 Å². The lowest BCUT2D eigenvalue weighted by Gasteiger charge is -2.08. The van der Waals surface area contributed by atoms with E-state index in [0.29, 0.717) is 18.4 Å². The Labute approximate surface area is 153 Å². The maximum Gasteiger partial charge on any atom is 0.249 e. The van der Waals surface area contributed by atoms with Crippen LogP contribution in [-0.2, 0) is 6.42 Å². The Morgan fingerprint density at radius 2 is 1.81 bits per heavy atom. The smallest absolute Gasteiger partial charge is 0.249 e. The number of aryl methyl sites for hydroxylation is 1.